The van der Waals surface area contributed by atoms with Crippen LogP contribution >= 0.6 is 0 Å². The van der Waals surface area contributed by atoms with E-state index in [2.05, 4.69) is 48.9 Å². The molecular formula is C12H23N3. The van der Waals surface area contributed by atoms with Gasteiger partial charge in [-0.1, -0.05) is 34.1 Å². The van der Waals surface area contributed by atoms with Crippen molar-refractivity contribution >= 4 is 0 Å². The molecule has 15 heavy (non-hydrogen) atoms. The molecule has 86 valence electrons. The maximum Gasteiger partial charge on any atom is 0.0522 e. The molecule has 0 aliphatic heterocycles. The van der Waals surface area contributed by atoms with Crippen molar-refractivity contribution in [3.8, 4) is 0 Å². The van der Waals surface area contributed by atoms with Crippen LogP contribution in [0.15, 0.2) is 12.3 Å². The van der Waals surface area contributed by atoms with E-state index in [0.717, 1.165) is 13.1 Å². The Labute approximate surface area is 92.9 Å². The minimum atomic E-state index is 0.525. The van der Waals surface area contributed by atoms with Gasteiger partial charge in [-0.05, 0) is 12.0 Å². The van der Waals surface area contributed by atoms with Gasteiger partial charge in [-0.2, -0.15) is 5.10 Å². The standard InChI is InChI=1S/C12H23N3/c1-5-11(4)9-15-12(6-7-14-15)8-13-10(2)3/h6-7,10-11,13H,5,8-9H2,1-4H3. The molecule has 0 amide bonds. The van der Waals surface area contributed by atoms with Crippen LogP contribution in [-0.2, 0) is 13.1 Å². The van der Waals surface area contributed by atoms with E-state index in [0.29, 0.717) is 12.0 Å². The van der Waals surface area contributed by atoms with Crippen LogP contribution in [0.2, 0.25) is 0 Å². The summed E-state index contributed by atoms with van der Waals surface area (Å²) in [5, 5.41) is 7.78. The fraction of sp³-hybridized carbons (Fsp3) is 0.750. The fourth-order valence-electron chi connectivity index (χ4n) is 1.41. The summed E-state index contributed by atoms with van der Waals surface area (Å²) >= 11 is 0. The molecule has 0 fully saturated rings. The van der Waals surface area contributed by atoms with Gasteiger partial charge in [-0.15, -0.1) is 0 Å². The van der Waals surface area contributed by atoms with E-state index in [1.54, 1.807) is 0 Å². The van der Waals surface area contributed by atoms with Gasteiger partial charge in [-0.25, -0.2) is 0 Å². The molecule has 1 heterocycles. The van der Waals surface area contributed by atoms with E-state index < -0.39 is 0 Å². The van der Waals surface area contributed by atoms with Gasteiger partial charge in [0.15, 0.2) is 0 Å². The van der Waals surface area contributed by atoms with E-state index in [-0.39, 0.29) is 0 Å². The SMILES string of the molecule is CCC(C)Cn1nccc1CNC(C)C. The molecule has 3 nitrogen and oxygen atoms in total. The number of hydrogen-bond acceptors (Lipinski definition) is 2. The highest BCUT2D eigenvalue weighted by Crippen LogP contribution is 2.07. The average molecular weight is 209 g/mol. The van der Waals surface area contributed by atoms with Gasteiger partial charge in [0.1, 0.15) is 0 Å². The number of nitrogens with one attached hydrogen (secondary N) is 1. The summed E-state index contributed by atoms with van der Waals surface area (Å²) in [7, 11) is 0. The molecule has 1 aromatic heterocycles. The molecule has 0 radical (unpaired) electrons. The maximum absolute atomic E-state index is 4.36. The van der Waals surface area contributed by atoms with Crippen LogP contribution < -0.4 is 5.32 Å². The van der Waals surface area contributed by atoms with Crippen molar-refractivity contribution in [2.45, 2.75) is 53.2 Å². The van der Waals surface area contributed by atoms with Gasteiger partial charge in [0.2, 0.25) is 0 Å². The first-order valence-electron chi connectivity index (χ1n) is 5.87. The summed E-state index contributed by atoms with van der Waals surface area (Å²) in [6.45, 7) is 10.7. The largest absolute Gasteiger partial charge is 0.309 e. The minimum Gasteiger partial charge on any atom is -0.309 e. The van der Waals surface area contributed by atoms with Crippen molar-refractivity contribution in [1.82, 2.24) is 15.1 Å². The van der Waals surface area contributed by atoms with Crippen LogP contribution in [0.3, 0.4) is 0 Å². The summed E-state index contributed by atoms with van der Waals surface area (Å²) < 4.78 is 2.11. The molecule has 1 aromatic rings. The highest BCUT2D eigenvalue weighted by molar-refractivity contribution is 5.00. The Kier molecular flexibility index (Phi) is 4.82. The Balaban J connectivity index is 2.53. The third-order valence-corrected chi connectivity index (χ3v) is 2.68. The zero-order valence-electron chi connectivity index (χ0n) is 10.3. The molecule has 0 saturated carbocycles. The molecule has 1 rings (SSSR count). The fourth-order valence-corrected chi connectivity index (χ4v) is 1.41. The van der Waals surface area contributed by atoms with Gasteiger partial charge in [0, 0.05) is 25.3 Å². The molecule has 1 N–H and O–H groups in total. The lowest BCUT2D eigenvalue weighted by Gasteiger charge is -2.13. The van der Waals surface area contributed by atoms with Crippen LogP contribution in [-0.4, -0.2) is 15.8 Å². The lowest BCUT2D eigenvalue weighted by Crippen LogP contribution is -2.24. The van der Waals surface area contributed by atoms with Crippen molar-refractivity contribution in [3.63, 3.8) is 0 Å². The Hall–Kier alpha value is -0.830. The third kappa shape index (κ3) is 4.04. The van der Waals surface area contributed by atoms with Crippen molar-refractivity contribution in [2.75, 3.05) is 0 Å². The van der Waals surface area contributed by atoms with Crippen LogP contribution in [0.1, 0.15) is 39.8 Å². The van der Waals surface area contributed by atoms with Gasteiger partial charge in [-0.3, -0.25) is 4.68 Å². The summed E-state index contributed by atoms with van der Waals surface area (Å²) in [6, 6.07) is 2.62. The topological polar surface area (TPSA) is 29.9 Å². The van der Waals surface area contributed by atoms with Crippen molar-refractivity contribution < 1.29 is 0 Å². The van der Waals surface area contributed by atoms with E-state index >= 15 is 0 Å². The molecule has 0 aliphatic rings. The van der Waals surface area contributed by atoms with Crippen LogP contribution in [0, 0.1) is 5.92 Å². The second kappa shape index (κ2) is 5.91. The Bertz CT molecular complexity index is 278. The molecule has 0 spiro atoms. The Morgan fingerprint density at radius 3 is 2.73 bits per heavy atom. The molecule has 1 unspecified atom stereocenters. The molecule has 1 atom stereocenters. The zero-order valence-corrected chi connectivity index (χ0v) is 10.3. The lowest BCUT2D eigenvalue weighted by molar-refractivity contribution is 0.421. The highest BCUT2D eigenvalue weighted by Gasteiger charge is 2.06. The molecule has 0 aromatic carbocycles. The number of hydrogen-bond donors (Lipinski definition) is 1. The first-order chi connectivity index (χ1) is 7.13. The van der Waals surface area contributed by atoms with Gasteiger partial charge < -0.3 is 5.32 Å². The van der Waals surface area contributed by atoms with Crippen molar-refractivity contribution in [2.24, 2.45) is 5.92 Å². The monoisotopic (exact) mass is 209 g/mol. The van der Waals surface area contributed by atoms with E-state index in [9.17, 15) is 0 Å². The quantitative estimate of drug-likeness (QED) is 0.780. The second-order valence-electron chi connectivity index (χ2n) is 4.55. The lowest BCUT2D eigenvalue weighted by atomic mass is 10.1. The second-order valence-corrected chi connectivity index (χ2v) is 4.55. The average Bonchev–Trinajstić information content (AvgIpc) is 2.62. The molecule has 0 aliphatic carbocycles. The van der Waals surface area contributed by atoms with Gasteiger partial charge in [0.25, 0.3) is 0 Å². The Morgan fingerprint density at radius 1 is 1.40 bits per heavy atom. The summed E-state index contributed by atoms with van der Waals surface area (Å²) in [4.78, 5) is 0. The smallest absolute Gasteiger partial charge is 0.0522 e. The normalized spacial score (nSPS) is 13.4. The zero-order chi connectivity index (χ0) is 11.3. The maximum atomic E-state index is 4.36. The summed E-state index contributed by atoms with van der Waals surface area (Å²) in [5.74, 6) is 0.697. The highest BCUT2D eigenvalue weighted by atomic mass is 15.3. The minimum absolute atomic E-state index is 0.525. The predicted octanol–water partition coefficient (Wildman–Crippen LogP) is 2.43. The van der Waals surface area contributed by atoms with Gasteiger partial charge in [0.05, 0.1) is 5.69 Å². The Morgan fingerprint density at radius 2 is 2.13 bits per heavy atom. The molecule has 3 heteroatoms. The predicted molar refractivity (Wildman–Crippen MR) is 63.7 cm³/mol. The number of aromatic nitrogens is 2. The number of nitrogens with zero attached hydrogens (tertiary/aromatic N) is 2. The van der Waals surface area contributed by atoms with Crippen molar-refractivity contribution in [1.29, 1.82) is 0 Å². The summed E-state index contributed by atoms with van der Waals surface area (Å²) in [5.41, 5.74) is 1.28. The molecule has 0 saturated heterocycles. The first kappa shape index (κ1) is 12.2. The van der Waals surface area contributed by atoms with Crippen LogP contribution in [0.5, 0.6) is 0 Å². The van der Waals surface area contributed by atoms with Crippen LogP contribution in [0.4, 0.5) is 0 Å². The first-order valence-corrected chi connectivity index (χ1v) is 5.87. The van der Waals surface area contributed by atoms with E-state index in [1.807, 2.05) is 6.20 Å². The van der Waals surface area contributed by atoms with E-state index in [1.165, 1.54) is 12.1 Å². The third-order valence-electron chi connectivity index (χ3n) is 2.68. The van der Waals surface area contributed by atoms with Crippen LogP contribution in [0.25, 0.3) is 0 Å². The van der Waals surface area contributed by atoms with Crippen molar-refractivity contribution in [3.05, 3.63) is 18.0 Å². The number of rotatable bonds is 6. The summed E-state index contributed by atoms with van der Waals surface area (Å²) in [6.07, 6.45) is 3.09. The van der Waals surface area contributed by atoms with Gasteiger partial charge >= 0.3 is 0 Å². The van der Waals surface area contributed by atoms with E-state index in [4.69, 9.17) is 0 Å². The molecular weight excluding hydrogens is 186 g/mol. The molecule has 0 bridgehead atoms.